The Morgan fingerprint density at radius 1 is 1.19 bits per heavy atom. The molecular formula is C16H22N2O3. The zero-order chi connectivity index (χ0) is 14.5. The summed E-state index contributed by atoms with van der Waals surface area (Å²) >= 11 is 0. The highest BCUT2D eigenvalue weighted by Gasteiger charge is 2.22. The summed E-state index contributed by atoms with van der Waals surface area (Å²) in [4.78, 5) is 11.5. The molecule has 0 saturated heterocycles. The van der Waals surface area contributed by atoms with Crippen LogP contribution in [-0.4, -0.2) is 31.7 Å². The number of benzene rings is 1. The monoisotopic (exact) mass is 290 g/mol. The summed E-state index contributed by atoms with van der Waals surface area (Å²) in [7, 11) is 0. The first-order valence-corrected chi connectivity index (χ1v) is 7.70. The van der Waals surface area contributed by atoms with Gasteiger partial charge in [0.05, 0.1) is 0 Å². The number of ether oxygens (including phenoxy) is 2. The number of rotatable bonds is 7. The van der Waals surface area contributed by atoms with E-state index in [9.17, 15) is 4.79 Å². The van der Waals surface area contributed by atoms with Crippen LogP contribution in [0, 0.1) is 0 Å². The molecule has 0 radical (unpaired) electrons. The van der Waals surface area contributed by atoms with E-state index in [2.05, 4.69) is 10.6 Å². The Hall–Kier alpha value is -1.75. The molecule has 1 saturated carbocycles. The Balaban J connectivity index is 1.34. The first-order valence-electron chi connectivity index (χ1n) is 7.70. The number of carbonyl (C=O) groups is 1. The van der Waals surface area contributed by atoms with E-state index in [1.54, 1.807) is 0 Å². The quantitative estimate of drug-likeness (QED) is 0.749. The SMILES string of the molecule is O=C(CCCNCc1ccc2c(c1)OCCO2)NC1CC1. The maximum absolute atomic E-state index is 11.5. The molecule has 0 atom stereocenters. The predicted octanol–water partition coefficient (Wildman–Crippen LogP) is 1.61. The number of nitrogens with one attached hydrogen (secondary N) is 2. The summed E-state index contributed by atoms with van der Waals surface area (Å²) < 4.78 is 11.1. The van der Waals surface area contributed by atoms with Crippen LogP contribution >= 0.6 is 0 Å². The van der Waals surface area contributed by atoms with Crippen LogP contribution in [0.1, 0.15) is 31.2 Å². The third kappa shape index (κ3) is 4.36. The van der Waals surface area contributed by atoms with E-state index >= 15 is 0 Å². The van der Waals surface area contributed by atoms with E-state index in [4.69, 9.17) is 9.47 Å². The van der Waals surface area contributed by atoms with Gasteiger partial charge in [-0.2, -0.15) is 0 Å². The van der Waals surface area contributed by atoms with Crippen LogP contribution in [0.15, 0.2) is 18.2 Å². The molecule has 0 aromatic heterocycles. The third-order valence-electron chi connectivity index (χ3n) is 3.64. The van der Waals surface area contributed by atoms with Gasteiger partial charge in [0.25, 0.3) is 0 Å². The Bertz CT molecular complexity index is 500. The van der Waals surface area contributed by atoms with Crippen molar-refractivity contribution in [1.82, 2.24) is 10.6 Å². The van der Waals surface area contributed by atoms with E-state index in [1.165, 1.54) is 5.56 Å². The lowest BCUT2D eigenvalue weighted by Crippen LogP contribution is -2.26. The van der Waals surface area contributed by atoms with Crippen LogP contribution in [0.2, 0.25) is 0 Å². The smallest absolute Gasteiger partial charge is 0.220 e. The van der Waals surface area contributed by atoms with Crippen molar-refractivity contribution >= 4 is 5.91 Å². The highest BCUT2D eigenvalue weighted by molar-refractivity contribution is 5.76. The first-order chi connectivity index (χ1) is 10.3. The first kappa shape index (κ1) is 14.2. The Kier molecular flexibility index (Phi) is 4.60. The maximum atomic E-state index is 11.5. The van der Waals surface area contributed by atoms with Crippen molar-refractivity contribution in [2.75, 3.05) is 19.8 Å². The molecule has 2 aliphatic rings. The van der Waals surface area contributed by atoms with Crippen molar-refractivity contribution in [1.29, 1.82) is 0 Å². The zero-order valence-electron chi connectivity index (χ0n) is 12.2. The van der Waals surface area contributed by atoms with Gasteiger partial charge in [-0.1, -0.05) is 6.07 Å². The Morgan fingerprint density at radius 3 is 2.81 bits per heavy atom. The van der Waals surface area contributed by atoms with E-state index < -0.39 is 0 Å². The molecule has 0 spiro atoms. The summed E-state index contributed by atoms with van der Waals surface area (Å²) in [6, 6.07) is 6.47. The van der Waals surface area contributed by atoms with Crippen molar-refractivity contribution in [3.63, 3.8) is 0 Å². The number of amides is 1. The van der Waals surface area contributed by atoms with Crippen LogP contribution in [0.5, 0.6) is 11.5 Å². The fraction of sp³-hybridized carbons (Fsp3) is 0.562. The molecule has 0 unspecified atom stereocenters. The van der Waals surface area contributed by atoms with Crippen LogP contribution < -0.4 is 20.1 Å². The Labute approximate surface area is 125 Å². The molecule has 3 rings (SSSR count). The molecule has 1 aromatic carbocycles. The molecular weight excluding hydrogens is 268 g/mol. The van der Waals surface area contributed by atoms with Crippen LogP contribution in [0.4, 0.5) is 0 Å². The highest BCUT2D eigenvalue weighted by Crippen LogP contribution is 2.30. The number of hydrogen-bond acceptors (Lipinski definition) is 4. The second-order valence-electron chi connectivity index (χ2n) is 5.60. The summed E-state index contributed by atoms with van der Waals surface area (Å²) in [6.45, 7) is 2.85. The van der Waals surface area contributed by atoms with Gasteiger partial charge in [0, 0.05) is 19.0 Å². The standard InChI is InChI=1S/C16H22N2O3/c19-16(18-13-4-5-13)2-1-7-17-11-12-3-6-14-15(10-12)21-9-8-20-14/h3,6,10,13,17H,1-2,4-5,7-9,11H2,(H,18,19). The third-order valence-corrected chi connectivity index (χ3v) is 3.64. The molecule has 1 amide bonds. The van der Waals surface area contributed by atoms with Crippen molar-refractivity contribution < 1.29 is 14.3 Å². The van der Waals surface area contributed by atoms with Gasteiger partial charge in [-0.25, -0.2) is 0 Å². The van der Waals surface area contributed by atoms with Gasteiger partial charge in [-0.15, -0.1) is 0 Å². The molecule has 5 nitrogen and oxygen atoms in total. The van der Waals surface area contributed by atoms with Crippen molar-refractivity contribution in [2.24, 2.45) is 0 Å². The van der Waals surface area contributed by atoms with Gasteiger partial charge in [0.2, 0.25) is 5.91 Å². The molecule has 21 heavy (non-hydrogen) atoms. The summed E-state index contributed by atoms with van der Waals surface area (Å²) in [5, 5.41) is 6.36. The summed E-state index contributed by atoms with van der Waals surface area (Å²) in [5.74, 6) is 1.82. The van der Waals surface area contributed by atoms with Crippen LogP contribution in [-0.2, 0) is 11.3 Å². The van der Waals surface area contributed by atoms with Gasteiger partial charge in [0.15, 0.2) is 11.5 Å². The van der Waals surface area contributed by atoms with Crippen molar-refractivity contribution in [2.45, 2.75) is 38.3 Å². The average Bonchev–Trinajstić information content (AvgIpc) is 3.30. The molecule has 1 aliphatic carbocycles. The number of carbonyl (C=O) groups excluding carboxylic acids is 1. The van der Waals surface area contributed by atoms with Crippen LogP contribution in [0.3, 0.4) is 0 Å². The highest BCUT2D eigenvalue weighted by atomic mass is 16.6. The lowest BCUT2D eigenvalue weighted by molar-refractivity contribution is -0.121. The Morgan fingerprint density at radius 2 is 2.00 bits per heavy atom. The van der Waals surface area contributed by atoms with Gasteiger partial charge in [-0.3, -0.25) is 4.79 Å². The zero-order valence-corrected chi connectivity index (χ0v) is 12.2. The molecule has 1 fully saturated rings. The fourth-order valence-electron chi connectivity index (χ4n) is 2.33. The lowest BCUT2D eigenvalue weighted by Gasteiger charge is -2.19. The van der Waals surface area contributed by atoms with E-state index in [0.717, 1.165) is 43.9 Å². The van der Waals surface area contributed by atoms with Gasteiger partial charge in [-0.05, 0) is 43.5 Å². The summed E-state index contributed by atoms with van der Waals surface area (Å²) in [6.07, 6.45) is 3.76. The normalized spacial score (nSPS) is 16.6. The minimum absolute atomic E-state index is 0.179. The maximum Gasteiger partial charge on any atom is 0.220 e. The largest absolute Gasteiger partial charge is 0.486 e. The van der Waals surface area contributed by atoms with Gasteiger partial charge >= 0.3 is 0 Å². The molecule has 0 bridgehead atoms. The molecule has 5 heteroatoms. The van der Waals surface area contributed by atoms with Gasteiger partial charge < -0.3 is 20.1 Å². The van der Waals surface area contributed by atoms with Crippen LogP contribution in [0.25, 0.3) is 0 Å². The summed E-state index contributed by atoms with van der Waals surface area (Å²) in [5.41, 5.74) is 1.17. The molecule has 1 aromatic rings. The van der Waals surface area contributed by atoms with E-state index in [-0.39, 0.29) is 5.91 Å². The number of hydrogen-bond donors (Lipinski definition) is 2. The van der Waals surface area contributed by atoms with Crippen molar-refractivity contribution in [3.8, 4) is 11.5 Å². The molecule has 2 N–H and O–H groups in total. The minimum Gasteiger partial charge on any atom is -0.486 e. The minimum atomic E-state index is 0.179. The van der Waals surface area contributed by atoms with E-state index in [1.807, 2.05) is 18.2 Å². The van der Waals surface area contributed by atoms with E-state index in [0.29, 0.717) is 25.7 Å². The topological polar surface area (TPSA) is 59.6 Å². The second-order valence-corrected chi connectivity index (χ2v) is 5.60. The average molecular weight is 290 g/mol. The molecule has 1 aliphatic heterocycles. The molecule has 114 valence electrons. The lowest BCUT2D eigenvalue weighted by atomic mass is 10.2. The number of fused-ring (bicyclic) bond motifs is 1. The van der Waals surface area contributed by atoms with Crippen molar-refractivity contribution in [3.05, 3.63) is 23.8 Å². The second kappa shape index (κ2) is 6.80. The van der Waals surface area contributed by atoms with Gasteiger partial charge in [0.1, 0.15) is 13.2 Å². The predicted molar refractivity (Wildman–Crippen MR) is 79.5 cm³/mol. The molecule has 1 heterocycles. The fourth-order valence-corrected chi connectivity index (χ4v) is 2.33.